The summed E-state index contributed by atoms with van der Waals surface area (Å²) >= 11 is 1.75. The molecule has 0 radical (unpaired) electrons. The molecule has 1 fully saturated rings. The summed E-state index contributed by atoms with van der Waals surface area (Å²) in [5, 5.41) is 10.4. The summed E-state index contributed by atoms with van der Waals surface area (Å²) in [6.07, 6.45) is 1.51. The maximum Gasteiger partial charge on any atom is 0.328 e. The standard InChI is InChI=1S/C9H12N2O4S/c12-7(1-2-8(13)14)10-9(15)11-3-5-16-6-4-11/h1-2H,3-6H2,(H,13,14)(H,10,12,15)/b2-1+. The van der Waals surface area contributed by atoms with Crippen molar-refractivity contribution in [3.05, 3.63) is 12.2 Å². The highest BCUT2D eigenvalue weighted by molar-refractivity contribution is 7.99. The first-order chi connectivity index (χ1) is 7.59. The number of hydrogen-bond donors (Lipinski definition) is 2. The van der Waals surface area contributed by atoms with E-state index >= 15 is 0 Å². The number of thioether (sulfide) groups is 1. The highest BCUT2D eigenvalue weighted by Gasteiger charge is 2.17. The van der Waals surface area contributed by atoms with Gasteiger partial charge in [0.05, 0.1) is 0 Å². The molecule has 1 heterocycles. The first-order valence-corrected chi connectivity index (χ1v) is 5.83. The van der Waals surface area contributed by atoms with Gasteiger partial charge in [-0.3, -0.25) is 10.1 Å². The molecular weight excluding hydrogens is 232 g/mol. The van der Waals surface area contributed by atoms with Crippen LogP contribution in [0.4, 0.5) is 4.79 Å². The van der Waals surface area contributed by atoms with Crippen LogP contribution in [0.5, 0.6) is 0 Å². The molecule has 1 rings (SSSR count). The molecule has 1 saturated heterocycles. The quantitative estimate of drug-likeness (QED) is 0.663. The molecule has 16 heavy (non-hydrogen) atoms. The van der Waals surface area contributed by atoms with E-state index in [0.29, 0.717) is 19.2 Å². The van der Waals surface area contributed by atoms with Crippen molar-refractivity contribution in [2.24, 2.45) is 0 Å². The first-order valence-electron chi connectivity index (χ1n) is 4.68. The summed E-state index contributed by atoms with van der Waals surface area (Å²) in [4.78, 5) is 34.2. The number of carbonyl (C=O) groups excluding carboxylic acids is 2. The number of imide groups is 1. The topological polar surface area (TPSA) is 86.7 Å². The van der Waals surface area contributed by atoms with Crippen LogP contribution in [0.15, 0.2) is 12.2 Å². The summed E-state index contributed by atoms with van der Waals surface area (Å²) in [6, 6.07) is -0.472. The number of nitrogens with zero attached hydrogens (tertiary/aromatic N) is 1. The lowest BCUT2D eigenvalue weighted by Crippen LogP contribution is -2.46. The highest BCUT2D eigenvalue weighted by atomic mass is 32.2. The molecule has 0 aromatic rings. The lowest BCUT2D eigenvalue weighted by molar-refractivity contribution is -0.131. The number of carboxylic acids is 1. The lowest BCUT2D eigenvalue weighted by Gasteiger charge is -2.25. The summed E-state index contributed by atoms with van der Waals surface area (Å²) in [5.74, 6) is -0.235. The van der Waals surface area contributed by atoms with Gasteiger partial charge in [0.1, 0.15) is 0 Å². The number of aliphatic carboxylic acids is 1. The smallest absolute Gasteiger partial charge is 0.328 e. The van der Waals surface area contributed by atoms with Crippen molar-refractivity contribution in [1.29, 1.82) is 0 Å². The molecule has 0 bridgehead atoms. The van der Waals surface area contributed by atoms with Crippen LogP contribution in [0.3, 0.4) is 0 Å². The Balaban J connectivity index is 2.38. The van der Waals surface area contributed by atoms with E-state index in [1.54, 1.807) is 11.8 Å². The summed E-state index contributed by atoms with van der Waals surface area (Å²) < 4.78 is 0. The van der Waals surface area contributed by atoms with Crippen molar-refractivity contribution in [3.63, 3.8) is 0 Å². The second-order valence-corrected chi connectivity index (χ2v) is 4.29. The van der Waals surface area contributed by atoms with Gasteiger partial charge in [-0.25, -0.2) is 9.59 Å². The minimum atomic E-state index is -1.23. The molecule has 0 atom stereocenters. The van der Waals surface area contributed by atoms with Gasteiger partial charge in [-0.15, -0.1) is 0 Å². The molecule has 1 aliphatic heterocycles. The average molecular weight is 244 g/mol. The van der Waals surface area contributed by atoms with Crippen molar-refractivity contribution < 1.29 is 19.5 Å². The van der Waals surface area contributed by atoms with Gasteiger partial charge in [0.15, 0.2) is 0 Å². The monoisotopic (exact) mass is 244 g/mol. The molecular formula is C9H12N2O4S. The summed E-state index contributed by atoms with van der Waals surface area (Å²) in [5.41, 5.74) is 0. The predicted octanol–water partition coefficient (Wildman–Crippen LogP) is -0.0878. The molecule has 0 aromatic heterocycles. The zero-order valence-corrected chi connectivity index (χ0v) is 9.33. The average Bonchev–Trinajstić information content (AvgIpc) is 2.27. The Morgan fingerprint density at radius 1 is 1.19 bits per heavy atom. The van der Waals surface area contributed by atoms with Crippen molar-refractivity contribution >= 4 is 29.7 Å². The third-order valence-corrected chi connectivity index (χ3v) is 2.85. The molecule has 3 amide bonds. The van der Waals surface area contributed by atoms with Crippen LogP contribution in [-0.4, -0.2) is 52.5 Å². The van der Waals surface area contributed by atoms with Gasteiger partial charge in [-0.1, -0.05) is 0 Å². The fourth-order valence-corrected chi connectivity index (χ4v) is 2.04. The van der Waals surface area contributed by atoms with E-state index in [9.17, 15) is 14.4 Å². The number of amides is 3. The number of carboxylic acid groups (broad SMARTS) is 1. The van der Waals surface area contributed by atoms with E-state index < -0.39 is 17.9 Å². The Kier molecular flexibility index (Phi) is 4.84. The lowest BCUT2D eigenvalue weighted by atomic mass is 10.4. The van der Waals surface area contributed by atoms with Gasteiger partial charge in [0, 0.05) is 36.7 Å². The number of urea groups is 1. The Morgan fingerprint density at radius 3 is 2.38 bits per heavy atom. The Labute approximate surface area is 96.7 Å². The molecule has 0 saturated carbocycles. The number of nitrogens with one attached hydrogen (secondary N) is 1. The van der Waals surface area contributed by atoms with Crippen molar-refractivity contribution in [1.82, 2.24) is 10.2 Å². The van der Waals surface area contributed by atoms with Gasteiger partial charge in [0.25, 0.3) is 5.91 Å². The van der Waals surface area contributed by atoms with Crippen LogP contribution in [0.25, 0.3) is 0 Å². The SMILES string of the molecule is O=C(O)/C=C/C(=O)NC(=O)N1CCSCC1. The van der Waals surface area contributed by atoms with Crippen molar-refractivity contribution in [2.75, 3.05) is 24.6 Å². The Hall–Kier alpha value is -1.50. The van der Waals surface area contributed by atoms with Gasteiger partial charge in [-0.2, -0.15) is 11.8 Å². The van der Waals surface area contributed by atoms with Gasteiger partial charge >= 0.3 is 12.0 Å². The van der Waals surface area contributed by atoms with E-state index in [2.05, 4.69) is 5.32 Å². The predicted molar refractivity (Wildman–Crippen MR) is 59.2 cm³/mol. The van der Waals surface area contributed by atoms with Crippen LogP contribution in [0.1, 0.15) is 0 Å². The number of hydrogen-bond acceptors (Lipinski definition) is 4. The minimum Gasteiger partial charge on any atom is -0.478 e. The van der Waals surface area contributed by atoms with Crippen LogP contribution in [-0.2, 0) is 9.59 Å². The van der Waals surface area contributed by atoms with E-state index in [-0.39, 0.29) is 0 Å². The zero-order chi connectivity index (χ0) is 12.0. The minimum absolute atomic E-state index is 0.472. The Bertz CT molecular complexity index is 323. The van der Waals surface area contributed by atoms with Gasteiger partial charge < -0.3 is 10.0 Å². The van der Waals surface area contributed by atoms with Crippen LogP contribution in [0.2, 0.25) is 0 Å². The van der Waals surface area contributed by atoms with Crippen LogP contribution < -0.4 is 5.32 Å². The zero-order valence-electron chi connectivity index (χ0n) is 8.51. The van der Waals surface area contributed by atoms with E-state index in [1.807, 2.05) is 0 Å². The van der Waals surface area contributed by atoms with Gasteiger partial charge in [0.2, 0.25) is 0 Å². The maximum atomic E-state index is 11.5. The molecule has 7 heteroatoms. The fraction of sp³-hybridized carbons (Fsp3) is 0.444. The van der Waals surface area contributed by atoms with Gasteiger partial charge in [-0.05, 0) is 0 Å². The van der Waals surface area contributed by atoms with Crippen LogP contribution in [0, 0.1) is 0 Å². The number of rotatable bonds is 2. The largest absolute Gasteiger partial charge is 0.478 e. The second kappa shape index (κ2) is 6.16. The highest BCUT2D eigenvalue weighted by Crippen LogP contribution is 2.08. The molecule has 0 unspecified atom stereocenters. The van der Waals surface area contributed by atoms with Crippen molar-refractivity contribution in [3.8, 4) is 0 Å². The van der Waals surface area contributed by atoms with E-state index in [0.717, 1.165) is 17.6 Å². The summed E-state index contributed by atoms with van der Waals surface area (Å²) in [7, 11) is 0. The molecule has 88 valence electrons. The third kappa shape index (κ3) is 4.35. The second-order valence-electron chi connectivity index (χ2n) is 3.07. The number of carbonyl (C=O) groups is 3. The maximum absolute atomic E-state index is 11.5. The molecule has 2 N–H and O–H groups in total. The normalized spacial score (nSPS) is 16.1. The first kappa shape index (κ1) is 12.6. The third-order valence-electron chi connectivity index (χ3n) is 1.91. The molecule has 0 aromatic carbocycles. The van der Waals surface area contributed by atoms with E-state index in [4.69, 9.17) is 5.11 Å². The van der Waals surface area contributed by atoms with Crippen LogP contribution >= 0.6 is 11.8 Å². The summed E-state index contributed by atoms with van der Waals surface area (Å²) in [6.45, 7) is 1.21. The van der Waals surface area contributed by atoms with Crippen molar-refractivity contribution in [2.45, 2.75) is 0 Å². The Morgan fingerprint density at radius 2 is 1.81 bits per heavy atom. The molecule has 0 aliphatic carbocycles. The fourth-order valence-electron chi connectivity index (χ4n) is 1.14. The molecule has 0 spiro atoms. The molecule has 1 aliphatic rings. The molecule has 6 nitrogen and oxygen atoms in total. The van der Waals surface area contributed by atoms with E-state index in [1.165, 1.54) is 4.90 Å².